The van der Waals surface area contributed by atoms with E-state index in [2.05, 4.69) is 22.3 Å². The molecule has 0 amide bonds. The van der Waals surface area contributed by atoms with E-state index in [-0.39, 0.29) is 24.2 Å². The van der Waals surface area contributed by atoms with Crippen LogP contribution in [0.2, 0.25) is 6.82 Å². The Hall–Kier alpha value is -3.37. The highest BCUT2D eigenvalue weighted by atomic mass is 35.5. The number of nitrogens with one attached hydrogen (secondary N) is 2. The molecule has 1 heterocycles. The number of aliphatic imine (C=N–C) groups is 1. The zero-order valence-electron chi connectivity index (χ0n) is 22.4. The van der Waals surface area contributed by atoms with Gasteiger partial charge < -0.3 is 20.5 Å². The van der Waals surface area contributed by atoms with Gasteiger partial charge in [0.05, 0.1) is 24.1 Å². The number of hydrogen-bond acceptors (Lipinski definition) is 6. The summed E-state index contributed by atoms with van der Waals surface area (Å²) >= 11 is 6.24. The van der Waals surface area contributed by atoms with Crippen LogP contribution in [-0.2, 0) is 10.3 Å². The van der Waals surface area contributed by atoms with Crippen LogP contribution in [0, 0.1) is 0 Å². The van der Waals surface area contributed by atoms with Gasteiger partial charge in [0.15, 0.2) is 7.28 Å². The molecule has 0 fully saturated rings. The summed E-state index contributed by atoms with van der Waals surface area (Å²) in [5.74, 6) is -1.28. The van der Waals surface area contributed by atoms with Crippen molar-refractivity contribution in [2.24, 2.45) is 4.99 Å². The molecule has 0 saturated heterocycles. The van der Waals surface area contributed by atoms with Gasteiger partial charge in [-0.05, 0) is 58.7 Å². The van der Waals surface area contributed by atoms with Crippen molar-refractivity contribution in [2.45, 2.75) is 46.5 Å². The topological polar surface area (TPSA) is 87.9 Å². The van der Waals surface area contributed by atoms with E-state index in [0.717, 1.165) is 6.20 Å². The van der Waals surface area contributed by atoms with Gasteiger partial charge in [-0.2, -0.15) is 0 Å². The fraction of sp³-hybridized carbons (Fsp3) is 0.333. The minimum absolute atomic E-state index is 0.0772. The lowest BCUT2D eigenvalue weighted by Gasteiger charge is -2.18. The average molecular weight is 548 g/mol. The standard InChI is InChI=1S/C27H35BClF2N4O3/c1-7-33-18-22(35-13-8-9-23(26(35)36)27(3,4)37)10-12-34-19(2)15-24(25(29)28-5)38-14-11-20(30)16-21(31)17-32-6/h8-10,12-13,15-18,33-34,37H,6-7,11,14H2,1-5H3/b12-10+,19-15-,20-16+,21-17+,22-18+,25-24-. The smallest absolute Gasteiger partial charge is 0.261 e. The summed E-state index contributed by atoms with van der Waals surface area (Å²) in [6.45, 7) is 12.2. The van der Waals surface area contributed by atoms with Crippen molar-refractivity contribution >= 4 is 31.3 Å². The zero-order valence-corrected chi connectivity index (χ0v) is 23.1. The van der Waals surface area contributed by atoms with E-state index in [1.165, 1.54) is 4.57 Å². The first-order valence-corrected chi connectivity index (χ1v) is 12.3. The lowest BCUT2D eigenvalue weighted by atomic mass is 9.81. The molecular weight excluding hydrogens is 513 g/mol. The van der Waals surface area contributed by atoms with E-state index >= 15 is 0 Å². The molecule has 7 nitrogen and oxygen atoms in total. The molecule has 205 valence electrons. The number of rotatable bonds is 15. The molecular formula is C27H35BClF2N4O3. The first kappa shape index (κ1) is 32.7. The molecule has 11 heteroatoms. The second-order valence-electron chi connectivity index (χ2n) is 8.48. The molecule has 0 aliphatic rings. The molecule has 0 aliphatic heterocycles. The highest BCUT2D eigenvalue weighted by molar-refractivity contribution is 6.63. The second-order valence-corrected chi connectivity index (χ2v) is 8.88. The summed E-state index contributed by atoms with van der Waals surface area (Å²) in [7, 11) is 1.63. The minimum atomic E-state index is -1.30. The van der Waals surface area contributed by atoms with E-state index in [9.17, 15) is 18.7 Å². The Bertz CT molecular complexity index is 1200. The Morgan fingerprint density at radius 3 is 2.68 bits per heavy atom. The highest BCUT2D eigenvalue weighted by Gasteiger charge is 2.21. The molecule has 1 aromatic rings. The molecule has 3 N–H and O–H groups in total. The Morgan fingerprint density at radius 1 is 1.37 bits per heavy atom. The van der Waals surface area contributed by atoms with E-state index in [1.54, 1.807) is 77.8 Å². The summed E-state index contributed by atoms with van der Waals surface area (Å²) in [6.07, 6.45) is 9.59. The van der Waals surface area contributed by atoms with Crippen LogP contribution in [-0.4, -0.2) is 36.8 Å². The van der Waals surface area contributed by atoms with Gasteiger partial charge in [-0.3, -0.25) is 14.4 Å². The van der Waals surface area contributed by atoms with Crippen LogP contribution >= 0.6 is 11.6 Å². The molecule has 38 heavy (non-hydrogen) atoms. The molecule has 0 spiro atoms. The van der Waals surface area contributed by atoms with Crippen molar-refractivity contribution < 1.29 is 18.6 Å². The summed E-state index contributed by atoms with van der Waals surface area (Å²) in [4.78, 5) is 16.5. The van der Waals surface area contributed by atoms with Gasteiger partial charge in [0.25, 0.3) is 5.56 Å². The van der Waals surface area contributed by atoms with Gasteiger partial charge in [0.1, 0.15) is 17.4 Å². The number of hydrogen-bond donors (Lipinski definition) is 3. The monoisotopic (exact) mass is 547 g/mol. The van der Waals surface area contributed by atoms with Crippen LogP contribution in [0.3, 0.4) is 0 Å². The normalized spacial score (nSPS) is 14.3. The third kappa shape index (κ3) is 11.4. The number of allylic oxidation sites excluding steroid dienone is 6. The fourth-order valence-corrected chi connectivity index (χ4v) is 3.10. The lowest BCUT2D eigenvalue weighted by Crippen LogP contribution is -2.31. The minimum Gasteiger partial charge on any atom is -0.493 e. The SMILES string of the molecule is C=N/C=C(F)\C=C(\F)CCOC(/C=C(/C)N/C=C/C(=C\NCC)n1cccc(C(C)(C)O)c1=O)=C(\Cl)[B]C. The van der Waals surface area contributed by atoms with E-state index in [4.69, 9.17) is 16.3 Å². The number of aromatic nitrogens is 1. The maximum absolute atomic E-state index is 13.9. The first-order chi connectivity index (χ1) is 17.9. The number of halogens is 3. The van der Waals surface area contributed by atoms with E-state index in [1.807, 2.05) is 6.92 Å². The van der Waals surface area contributed by atoms with Crippen LogP contribution in [0.1, 0.15) is 39.7 Å². The van der Waals surface area contributed by atoms with Crippen molar-refractivity contribution in [1.29, 1.82) is 0 Å². The third-order valence-electron chi connectivity index (χ3n) is 4.85. The van der Waals surface area contributed by atoms with Gasteiger partial charge in [-0.15, -0.1) is 0 Å². The Morgan fingerprint density at radius 2 is 2.08 bits per heavy atom. The largest absolute Gasteiger partial charge is 0.493 e. The number of aliphatic hydroxyl groups is 1. The zero-order chi connectivity index (χ0) is 28.7. The predicted octanol–water partition coefficient (Wildman–Crippen LogP) is 5.42. The van der Waals surface area contributed by atoms with Gasteiger partial charge in [-0.25, -0.2) is 8.78 Å². The lowest BCUT2D eigenvalue weighted by molar-refractivity contribution is 0.0768. The summed E-state index contributed by atoms with van der Waals surface area (Å²) in [6, 6.07) is 3.28. The predicted molar refractivity (Wildman–Crippen MR) is 153 cm³/mol. The molecule has 0 saturated carbocycles. The van der Waals surface area contributed by atoms with Gasteiger partial charge in [0.2, 0.25) is 0 Å². The van der Waals surface area contributed by atoms with E-state index < -0.39 is 17.3 Å². The van der Waals surface area contributed by atoms with Crippen LogP contribution in [0.25, 0.3) is 5.70 Å². The molecule has 1 aromatic heterocycles. The van der Waals surface area contributed by atoms with Gasteiger partial charge >= 0.3 is 0 Å². The molecule has 0 bridgehead atoms. The second kappa shape index (κ2) is 16.5. The fourth-order valence-electron chi connectivity index (χ4n) is 2.99. The quantitative estimate of drug-likeness (QED) is 0.118. The Labute approximate surface area is 228 Å². The molecule has 1 radical (unpaired) electrons. The van der Waals surface area contributed by atoms with E-state index in [0.29, 0.717) is 34.7 Å². The van der Waals surface area contributed by atoms with Crippen LogP contribution in [0.15, 0.2) is 93.0 Å². The summed E-state index contributed by atoms with van der Waals surface area (Å²) < 4.78 is 34.2. The van der Waals surface area contributed by atoms with Crippen molar-refractivity contribution in [2.75, 3.05) is 13.2 Å². The highest BCUT2D eigenvalue weighted by Crippen LogP contribution is 2.17. The Kier molecular flexibility index (Phi) is 14.2. The van der Waals surface area contributed by atoms with Crippen LogP contribution in [0.4, 0.5) is 8.78 Å². The van der Waals surface area contributed by atoms with Crippen LogP contribution < -0.4 is 16.2 Å². The maximum Gasteiger partial charge on any atom is 0.261 e. The van der Waals surface area contributed by atoms with Crippen molar-refractivity contribution in [3.63, 3.8) is 0 Å². The average Bonchev–Trinajstić information content (AvgIpc) is 2.84. The number of pyridine rings is 1. The Balaban J connectivity index is 3.06. The number of nitrogens with zero attached hydrogens (tertiary/aromatic N) is 2. The van der Waals surface area contributed by atoms with Crippen molar-refractivity contribution in [3.8, 4) is 0 Å². The number of ether oxygens (including phenoxy) is 1. The van der Waals surface area contributed by atoms with Crippen molar-refractivity contribution in [1.82, 2.24) is 15.2 Å². The van der Waals surface area contributed by atoms with Crippen molar-refractivity contribution in [3.05, 3.63) is 99.1 Å². The summed E-state index contributed by atoms with van der Waals surface area (Å²) in [5.41, 5.74) is -0.207. The third-order valence-corrected chi connectivity index (χ3v) is 5.25. The van der Waals surface area contributed by atoms with Crippen LogP contribution in [0.5, 0.6) is 0 Å². The molecule has 0 aromatic carbocycles. The first-order valence-electron chi connectivity index (χ1n) is 11.9. The summed E-state index contributed by atoms with van der Waals surface area (Å²) in [5, 5.41) is 16.5. The van der Waals surface area contributed by atoms with Gasteiger partial charge in [0, 0.05) is 53.8 Å². The molecule has 0 unspecified atom stereocenters. The molecule has 0 aliphatic carbocycles. The molecule has 1 rings (SSSR count). The van der Waals surface area contributed by atoms with Gasteiger partial charge in [-0.1, -0.05) is 18.4 Å². The maximum atomic E-state index is 13.9. The molecule has 0 atom stereocenters.